The van der Waals surface area contributed by atoms with Crippen molar-refractivity contribution in [3.63, 3.8) is 0 Å². The third-order valence-electron chi connectivity index (χ3n) is 2.41. The van der Waals surface area contributed by atoms with Crippen LogP contribution in [0.15, 0.2) is 16.6 Å². The van der Waals surface area contributed by atoms with Gasteiger partial charge in [0.1, 0.15) is 0 Å². The van der Waals surface area contributed by atoms with Gasteiger partial charge in [-0.15, -0.1) is 0 Å². The van der Waals surface area contributed by atoms with Gasteiger partial charge in [0.15, 0.2) is 6.29 Å². The van der Waals surface area contributed by atoms with E-state index in [1.54, 1.807) is 0 Å². The second-order valence-electron chi connectivity index (χ2n) is 3.65. The fraction of sp³-hybridized carbons (Fsp3) is 0.364. The van der Waals surface area contributed by atoms with E-state index < -0.39 is 34.2 Å². The molecule has 1 N–H and O–H groups in total. The molecule has 0 heterocycles. The highest BCUT2D eigenvalue weighted by Gasteiger charge is 2.23. The van der Waals surface area contributed by atoms with E-state index >= 15 is 0 Å². The zero-order chi connectivity index (χ0) is 15.3. The van der Waals surface area contributed by atoms with Crippen molar-refractivity contribution in [3.05, 3.63) is 38.1 Å². The van der Waals surface area contributed by atoms with Gasteiger partial charge in [0, 0.05) is 24.8 Å². The molecule has 110 valence electrons. The van der Waals surface area contributed by atoms with Crippen LogP contribution in [0.2, 0.25) is 0 Å². The molecule has 1 rings (SSSR count). The molecule has 0 spiro atoms. The second-order valence-corrected chi connectivity index (χ2v) is 4.57. The number of nitrogens with one attached hydrogen (secondary N) is 1. The number of halogens is 2. The molecule has 1 aromatic carbocycles. The first kappa shape index (κ1) is 16.5. The lowest BCUT2D eigenvalue weighted by Gasteiger charge is -2.14. The summed E-state index contributed by atoms with van der Waals surface area (Å²) >= 11 is 2.99. The monoisotopic (exact) mass is 350 g/mol. The summed E-state index contributed by atoms with van der Waals surface area (Å²) in [6.07, 6.45) is -0.691. The van der Waals surface area contributed by atoms with E-state index in [9.17, 15) is 19.3 Å². The lowest BCUT2D eigenvalue weighted by atomic mass is 10.1. The minimum Gasteiger partial charge on any atom is -0.354 e. The van der Waals surface area contributed by atoms with Gasteiger partial charge in [0.2, 0.25) is 5.82 Å². The maximum atomic E-state index is 13.9. The van der Waals surface area contributed by atoms with Gasteiger partial charge in [-0.1, -0.05) is 15.9 Å². The quantitative estimate of drug-likeness (QED) is 0.480. The number of carbonyl (C=O) groups excluding carboxylic acids is 1. The Kier molecular flexibility index (Phi) is 5.99. The SMILES string of the molecule is COC(CNC(=O)c1cc(Br)cc([N+](=O)[O-])c1F)OC. The summed E-state index contributed by atoms with van der Waals surface area (Å²) in [5, 5.41) is 13.0. The number of nitrogens with zero attached hydrogens (tertiary/aromatic N) is 1. The van der Waals surface area contributed by atoms with Crippen LogP contribution in [0.25, 0.3) is 0 Å². The van der Waals surface area contributed by atoms with Crippen LogP contribution in [0.5, 0.6) is 0 Å². The Hall–Kier alpha value is -1.58. The maximum Gasteiger partial charge on any atom is 0.306 e. The fourth-order valence-corrected chi connectivity index (χ4v) is 1.85. The number of carbonyl (C=O) groups is 1. The largest absolute Gasteiger partial charge is 0.354 e. The highest BCUT2D eigenvalue weighted by molar-refractivity contribution is 9.10. The van der Waals surface area contributed by atoms with E-state index in [0.717, 1.165) is 12.1 Å². The maximum absolute atomic E-state index is 13.9. The van der Waals surface area contributed by atoms with Gasteiger partial charge >= 0.3 is 5.69 Å². The zero-order valence-electron chi connectivity index (χ0n) is 10.7. The third kappa shape index (κ3) is 3.95. The van der Waals surface area contributed by atoms with Gasteiger partial charge in [-0.3, -0.25) is 14.9 Å². The number of amides is 1. The summed E-state index contributed by atoms with van der Waals surface area (Å²) in [5.74, 6) is -1.99. The van der Waals surface area contributed by atoms with Crippen LogP contribution in [-0.4, -0.2) is 37.9 Å². The summed E-state index contributed by atoms with van der Waals surface area (Å²) in [6, 6.07) is 2.14. The number of hydrogen-bond donors (Lipinski definition) is 1. The Morgan fingerprint density at radius 2 is 2.10 bits per heavy atom. The fourth-order valence-electron chi connectivity index (χ4n) is 1.41. The molecule has 0 fully saturated rings. The van der Waals surface area contributed by atoms with Crippen molar-refractivity contribution >= 4 is 27.5 Å². The van der Waals surface area contributed by atoms with Gasteiger partial charge in [-0.05, 0) is 6.07 Å². The summed E-state index contributed by atoms with van der Waals surface area (Å²) in [7, 11) is 2.76. The molecule has 0 saturated carbocycles. The van der Waals surface area contributed by atoms with E-state index in [-0.39, 0.29) is 11.0 Å². The summed E-state index contributed by atoms with van der Waals surface area (Å²) in [6.45, 7) is -0.0222. The van der Waals surface area contributed by atoms with Crippen molar-refractivity contribution in [2.45, 2.75) is 6.29 Å². The van der Waals surface area contributed by atoms with E-state index in [4.69, 9.17) is 9.47 Å². The van der Waals surface area contributed by atoms with Crippen molar-refractivity contribution in [2.24, 2.45) is 0 Å². The van der Waals surface area contributed by atoms with Crippen molar-refractivity contribution in [1.29, 1.82) is 0 Å². The molecule has 20 heavy (non-hydrogen) atoms. The molecule has 9 heteroatoms. The van der Waals surface area contributed by atoms with Crippen LogP contribution in [0.1, 0.15) is 10.4 Å². The summed E-state index contributed by atoms with van der Waals surface area (Å²) in [4.78, 5) is 21.6. The molecule has 1 amide bonds. The molecule has 7 nitrogen and oxygen atoms in total. The average molecular weight is 351 g/mol. The van der Waals surface area contributed by atoms with Crippen LogP contribution in [-0.2, 0) is 9.47 Å². The van der Waals surface area contributed by atoms with Gasteiger partial charge in [-0.2, -0.15) is 4.39 Å². The zero-order valence-corrected chi connectivity index (χ0v) is 12.3. The molecule has 0 atom stereocenters. The molecular weight excluding hydrogens is 339 g/mol. The topological polar surface area (TPSA) is 90.7 Å². The lowest BCUT2D eigenvalue weighted by molar-refractivity contribution is -0.387. The lowest BCUT2D eigenvalue weighted by Crippen LogP contribution is -2.34. The smallest absolute Gasteiger partial charge is 0.306 e. The number of nitro benzene ring substituents is 1. The van der Waals surface area contributed by atoms with Gasteiger partial charge in [0.05, 0.1) is 17.0 Å². The molecule has 0 radical (unpaired) electrons. The number of hydrogen-bond acceptors (Lipinski definition) is 5. The van der Waals surface area contributed by atoms with Crippen LogP contribution in [0.4, 0.5) is 10.1 Å². The Bertz CT molecular complexity index is 522. The van der Waals surface area contributed by atoms with E-state index in [0.29, 0.717) is 0 Å². The first-order valence-corrected chi connectivity index (χ1v) is 6.17. The first-order valence-electron chi connectivity index (χ1n) is 5.38. The van der Waals surface area contributed by atoms with Crippen LogP contribution in [0.3, 0.4) is 0 Å². The van der Waals surface area contributed by atoms with Crippen molar-refractivity contribution in [2.75, 3.05) is 20.8 Å². The number of rotatable bonds is 6. The second kappa shape index (κ2) is 7.27. The van der Waals surface area contributed by atoms with Gasteiger partial charge < -0.3 is 14.8 Å². The molecule has 1 aromatic rings. The van der Waals surface area contributed by atoms with Gasteiger partial charge in [-0.25, -0.2) is 0 Å². The predicted octanol–water partition coefficient (Wildman–Crippen LogP) is 1.85. The molecular formula is C11H12BrFN2O5. The molecule has 0 saturated heterocycles. The van der Waals surface area contributed by atoms with Crippen LogP contribution in [0, 0.1) is 15.9 Å². The highest BCUT2D eigenvalue weighted by Crippen LogP contribution is 2.26. The summed E-state index contributed by atoms with van der Waals surface area (Å²) < 4.78 is 23.8. The standard InChI is InChI=1S/C11H12BrFN2O5/c1-19-9(20-2)5-14-11(16)7-3-6(12)4-8(10(7)13)15(17)18/h3-4,9H,5H2,1-2H3,(H,14,16). The van der Waals surface area contributed by atoms with Gasteiger partial charge in [0.25, 0.3) is 5.91 Å². The molecule has 0 aliphatic heterocycles. The first-order chi connectivity index (χ1) is 9.40. The minimum absolute atomic E-state index is 0.0222. The van der Waals surface area contributed by atoms with Crippen LogP contribution < -0.4 is 5.32 Å². The number of nitro groups is 1. The van der Waals surface area contributed by atoms with E-state index in [1.807, 2.05) is 0 Å². The van der Waals surface area contributed by atoms with Crippen LogP contribution >= 0.6 is 15.9 Å². The predicted molar refractivity (Wildman–Crippen MR) is 70.9 cm³/mol. The van der Waals surface area contributed by atoms with Crippen molar-refractivity contribution < 1.29 is 23.6 Å². The Labute approximate surface area is 122 Å². The Balaban J connectivity index is 2.96. The molecule has 0 bridgehead atoms. The minimum atomic E-state index is -1.19. The van der Waals surface area contributed by atoms with E-state index in [1.165, 1.54) is 14.2 Å². The molecule has 0 aliphatic carbocycles. The van der Waals surface area contributed by atoms with Crippen molar-refractivity contribution in [3.8, 4) is 0 Å². The number of methoxy groups -OCH3 is 2. The number of benzene rings is 1. The Morgan fingerprint density at radius 3 is 2.60 bits per heavy atom. The summed E-state index contributed by atoms with van der Waals surface area (Å²) in [5.41, 5.74) is -1.21. The number of ether oxygens (including phenoxy) is 2. The highest BCUT2D eigenvalue weighted by atomic mass is 79.9. The molecule has 0 aromatic heterocycles. The van der Waals surface area contributed by atoms with E-state index in [2.05, 4.69) is 21.2 Å². The normalized spacial score (nSPS) is 10.7. The van der Waals surface area contributed by atoms with Crippen molar-refractivity contribution in [1.82, 2.24) is 5.32 Å². The third-order valence-corrected chi connectivity index (χ3v) is 2.87. The molecule has 0 unspecified atom stereocenters. The molecule has 0 aliphatic rings. The Morgan fingerprint density at radius 1 is 1.50 bits per heavy atom. The average Bonchev–Trinajstić information content (AvgIpc) is 2.41.